The Morgan fingerprint density at radius 2 is 1.95 bits per heavy atom. The molecule has 2 N–H and O–H groups in total. The Morgan fingerprint density at radius 3 is 2.75 bits per heavy atom. The number of fused-ring (bicyclic) bond motifs is 1. The molecule has 0 fully saturated rings. The van der Waals surface area contributed by atoms with Crippen molar-refractivity contribution < 1.29 is 9.13 Å². The van der Waals surface area contributed by atoms with Crippen LogP contribution in [-0.4, -0.2) is 6.10 Å². The zero-order chi connectivity index (χ0) is 13.9. The molecule has 1 unspecified atom stereocenters. The van der Waals surface area contributed by atoms with Crippen molar-refractivity contribution in [1.29, 1.82) is 0 Å². The molecule has 3 rings (SSSR count). The number of ether oxygens (including phenoxy) is 1. The van der Waals surface area contributed by atoms with Gasteiger partial charge in [0.2, 0.25) is 0 Å². The normalized spacial score (nSPS) is 21.1. The Morgan fingerprint density at radius 1 is 1.15 bits per heavy atom. The van der Waals surface area contributed by atoms with Crippen LogP contribution in [0, 0.1) is 5.82 Å². The molecule has 0 bridgehead atoms. The first kappa shape index (κ1) is 13.1. The second-order valence-corrected chi connectivity index (χ2v) is 5.29. The lowest BCUT2D eigenvalue weighted by molar-refractivity contribution is 0.149. The predicted octanol–water partition coefficient (Wildman–Crippen LogP) is 3.61. The highest BCUT2D eigenvalue weighted by atomic mass is 19.1. The number of nitrogens with two attached hydrogens (primary N) is 1. The minimum Gasteiger partial charge on any atom is -0.490 e. The summed E-state index contributed by atoms with van der Waals surface area (Å²) in [4.78, 5) is 0. The van der Waals surface area contributed by atoms with Crippen molar-refractivity contribution in [2.75, 3.05) is 0 Å². The summed E-state index contributed by atoms with van der Waals surface area (Å²) in [6.45, 7) is 0. The van der Waals surface area contributed by atoms with E-state index in [-0.39, 0.29) is 18.0 Å². The van der Waals surface area contributed by atoms with Crippen molar-refractivity contribution in [2.45, 2.75) is 31.4 Å². The Bertz CT molecular complexity index is 585. The van der Waals surface area contributed by atoms with Crippen LogP contribution in [0.2, 0.25) is 0 Å². The van der Waals surface area contributed by atoms with Crippen LogP contribution in [0.3, 0.4) is 0 Å². The summed E-state index contributed by atoms with van der Waals surface area (Å²) in [5, 5.41) is 0. The van der Waals surface area contributed by atoms with Crippen molar-refractivity contribution >= 4 is 0 Å². The Balaban J connectivity index is 1.68. The first-order chi connectivity index (χ1) is 9.72. The van der Waals surface area contributed by atoms with E-state index in [9.17, 15) is 4.39 Å². The first-order valence-corrected chi connectivity index (χ1v) is 6.98. The number of hydrogen-bond acceptors (Lipinski definition) is 2. The van der Waals surface area contributed by atoms with Crippen LogP contribution in [0.5, 0.6) is 5.75 Å². The van der Waals surface area contributed by atoms with Gasteiger partial charge in [-0.3, -0.25) is 0 Å². The minimum atomic E-state index is -0.278. The highest BCUT2D eigenvalue weighted by Crippen LogP contribution is 2.35. The Kier molecular flexibility index (Phi) is 3.70. The molecule has 20 heavy (non-hydrogen) atoms. The van der Waals surface area contributed by atoms with Crippen LogP contribution < -0.4 is 10.5 Å². The molecule has 2 aromatic carbocycles. The van der Waals surface area contributed by atoms with E-state index in [0.717, 1.165) is 24.8 Å². The third-order valence-corrected chi connectivity index (χ3v) is 3.78. The van der Waals surface area contributed by atoms with Crippen molar-refractivity contribution in [3.63, 3.8) is 0 Å². The lowest BCUT2D eigenvalue weighted by Gasteiger charge is -2.30. The van der Waals surface area contributed by atoms with Gasteiger partial charge in [0.15, 0.2) is 0 Å². The van der Waals surface area contributed by atoms with Gasteiger partial charge in [-0.1, -0.05) is 36.4 Å². The first-order valence-electron chi connectivity index (χ1n) is 6.98. The lowest BCUT2D eigenvalue weighted by atomic mass is 9.94. The van der Waals surface area contributed by atoms with Gasteiger partial charge in [-0.25, -0.2) is 4.39 Å². The van der Waals surface area contributed by atoms with Gasteiger partial charge in [-0.2, -0.15) is 0 Å². The molecule has 0 radical (unpaired) electrons. The average Bonchev–Trinajstić information content (AvgIpc) is 2.46. The van der Waals surface area contributed by atoms with Gasteiger partial charge in [0.25, 0.3) is 0 Å². The maximum absolute atomic E-state index is 13.3. The summed E-state index contributed by atoms with van der Waals surface area (Å²) >= 11 is 0. The number of halogens is 1. The van der Waals surface area contributed by atoms with Gasteiger partial charge < -0.3 is 10.5 Å². The van der Waals surface area contributed by atoms with Crippen LogP contribution in [0.25, 0.3) is 0 Å². The number of benzene rings is 2. The molecule has 1 heterocycles. The van der Waals surface area contributed by atoms with Crippen molar-refractivity contribution in [1.82, 2.24) is 0 Å². The molecule has 104 valence electrons. The fourth-order valence-corrected chi connectivity index (χ4v) is 2.70. The van der Waals surface area contributed by atoms with Gasteiger partial charge in [0.1, 0.15) is 17.7 Å². The molecule has 0 saturated heterocycles. The summed E-state index contributed by atoms with van der Waals surface area (Å²) < 4.78 is 19.2. The molecule has 3 heteroatoms. The standard InChI is InChI=1S/C17H18FNO/c18-13-7-9-15-16(19)11-14(20-17(15)10-13)8-6-12-4-2-1-3-5-12/h1-5,7,9-10,14,16H,6,8,11,19H2/t14?,16-/m0/s1. The van der Waals surface area contributed by atoms with Crippen LogP contribution in [0.1, 0.15) is 30.0 Å². The van der Waals surface area contributed by atoms with E-state index >= 15 is 0 Å². The third-order valence-electron chi connectivity index (χ3n) is 3.78. The topological polar surface area (TPSA) is 35.2 Å². The van der Waals surface area contributed by atoms with E-state index in [0.29, 0.717) is 5.75 Å². The van der Waals surface area contributed by atoms with E-state index in [2.05, 4.69) is 12.1 Å². The smallest absolute Gasteiger partial charge is 0.127 e. The molecule has 0 saturated carbocycles. The third kappa shape index (κ3) is 2.83. The largest absolute Gasteiger partial charge is 0.490 e. The van der Waals surface area contributed by atoms with Crippen LogP contribution >= 0.6 is 0 Å². The summed E-state index contributed by atoms with van der Waals surface area (Å²) in [5.74, 6) is 0.321. The number of aryl methyl sites for hydroxylation is 1. The van der Waals surface area contributed by atoms with Crippen LogP contribution in [-0.2, 0) is 6.42 Å². The maximum atomic E-state index is 13.3. The maximum Gasteiger partial charge on any atom is 0.127 e. The number of rotatable bonds is 3. The zero-order valence-corrected chi connectivity index (χ0v) is 11.3. The van der Waals surface area contributed by atoms with Gasteiger partial charge in [0, 0.05) is 24.1 Å². The molecule has 2 nitrogen and oxygen atoms in total. The van der Waals surface area contributed by atoms with E-state index in [1.54, 1.807) is 6.07 Å². The molecule has 0 amide bonds. The monoisotopic (exact) mass is 271 g/mol. The Labute approximate surface area is 118 Å². The molecule has 0 aliphatic carbocycles. The van der Waals surface area contributed by atoms with Gasteiger partial charge in [-0.05, 0) is 24.5 Å². The molecule has 2 atom stereocenters. The predicted molar refractivity (Wildman–Crippen MR) is 77.1 cm³/mol. The lowest BCUT2D eigenvalue weighted by Crippen LogP contribution is -2.30. The zero-order valence-electron chi connectivity index (χ0n) is 11.3. The van der Waals surface area contributed by atoms with Crippen molar-refractivity contribution in [2.24, 2.45) is 5.73 Å². The van der Waals surface area contributed by atoms with Crippen molar-refractivity contribution in [3.8, 4) is 5.75 Å². The molecule has 0 spiro atoms. The highest BCUT2D eigenvalue weighted by molar-refractivity contribution is 5.38. The molecule has 1 aliphatic heterocycles. The summed E-state index contributed by atoms with van der Waals surface area (Å²) in [6.07, 6.45) is 2.68. The van der Waals surface area contributed by atoms with E-state index in [1.807, 2.05) is 18.2 Å². The quantitative estimate of drug-likeness (QED) is 0.925. The van der Waals surface area contributed by atoms with Crippen LogP contribution in [0.15, 0.2) is 48.5 Å². The second kappa shape index (κ2) is 5.63. The minimum absolute atomic E-state index is 0.0551. The number of hydrogen-bond donors (Lipinski definition) is 1. The van der Waals surface area contributed by atoms with E-state index in [1.165, 1.54) is 17.7 Å². The van der Waals surface area contributed by atoms with E-state index in [4.69, 9.17) is 10.5 Å². The molecule has 2 aromatic rings. The van der Waals surface area contributed by atoms with Gasteiger partial charge in [0.05, 0.1) is 0 Å². The fourth-order valence-electron chi connectivity index (χ4n) is 2.70. The molecule has 0 aromatic heterocycles. The summed E-state index contributed by atoms with van der Waals surface area (Å²) in [5.41, 5.74) is 8.35. The van der Waals surface area contributed by atoms with Crippen molar-refractivity contribution in [3.05, 3.63) is 65.5 Å². The SMILES string of the molecule is N[C@H]1CC(CCc2ccccc2)Oc2cc(F)ccc21. The molecule has 1 aliphatic rings. The Hall–Kier alpha value is -1.87. The second-order valence-electron chi connectivity index (χ2n) is 5.29. The average molecular weight is 271 g/mol. The summed E-state index contributed by atoms with van der Waals surface area (Å²) in [6, 6.07) is 14.8. The molecular formula is C17H18FNO. The molecular weight excluding hydrogens is 253 g/mol. The fraction of sp³-hybridized carbons (Fsp3) is 0.294. The van der Waals surface area contributed by atoms with Crippen LogP contribution in [0.4, 0.5) is 4.39 Å². The van der Waals surface area contributed by atoms with E-state index < -0.39 is 0 Å². The highest BCUT2D eigenvalue weighted by Gasteiger charge is 2.25. The summed E-state index contributed by atoms with van der Waals surface area (Å²) in [7, 11) is 0. The van der Waals surface area contributed by atoms with Gasteiger partial charge >= 0.3 is 0 Å². The van der Waals surface area contributed by atoms with Gasteiger partial charge in [-0.15, -0.1) is 0 Å².